The highest BCUT2D eigenvalue weighted by atomic mass is 16.5. The minimum Gasteiger partial charge on any atom is -0.462 e. The number of amides is 1. The monoisotopic (exact) mass is 638 g/mol. The van der Waals surface area contributed by atoms with Gasteiger partial charge in [-0.1, -0.05) is 12.6 Å². The molecule has 12 heteroatoms. The second-order valence-corrected chi connectivity index (χ2v) is 13.6. The number of carbonyl (C=O) groups is 1. The number of hydrogen-bond donors (Lipinski definition) is 1. The van der Waals surface area contributed by atoms with Gasteiger partial charge in [-0.3, -0.25) is 14.8 Å². The molecular formula is C35H46N10O2. The van der Waals surface area contributed by atoms with Crippen LogP contribution in [0.1, 0.15) is 48.9 Å². The first-order valence-corrected chi connectivity index (χ1v) is 17.1. The summed E-state index contributed by atoms with van der Waals surface area (Å²) in [4.78, 5) is 34.3. The van der Waals surface area contributed by atoms with E-state index in [0.29, 0.717) is 50.9 Å². The van der Waals surface area contributed by atoms with E-state index in [1.54, 1.807) is 4.90 Å². The van der Waals surface area contributed by atoms with Gasteiger partial charge < -0.3 is 24.3 Å². The lowest BCUT2D eigenvalue weighted by Gasteiger charge is -2.42. The number of hydrogen-bond acceptors (Lipinski definition) is 10. The number of likely N-dealkylation sites (N-methyl/N-ethyl adjacent to an activating group) is 1. The van der Waals surface area contributed by atoms with Gasteiger partial charge >= 0.3 is 6.01 Å². The lowest BCUT2D eigenvalue weighted by atomic mass is 10.0. The molecule has 1 amide bonds. The number of likely N-dealkylation sites (tertiary alicyclic amines) is 2. The fourth-order valence-corrected chi connectivity index (χ4v) is 8.15. The third-order valence-corrected chi connectivity index (χ3v) is 10.7. The molecule has 2 aromatic heterocycles. The molecule has 3 fully saturated rings. The average molecular weight is 639 g/mol. The number of fused-ring (bicyclic) bond motifs is 2. The van der Waals surface area contributed by atoms with Crippen molar-refractivity contribution >= 4 is 28.3 Å². The van der Waals surface area contributed by atoms with E-state index in [1.807, 2.05) is 6.20 Å². The summed E-state index contributed by atoms with van der Waals surface area (Å²) in [5.74, 6) is 0.732. The molecule has 0 unspecified atom stereocenters. The Balaban J connectivity index is 1.17. The fraction of sp³-hybridized carbons (Fsp3) is 0.571. The van der Waals surface area contributed by atoms with E-state index in [2.05, 4.69) is 68.5 Å². The number of aromatic nitrogens is 4. The molecule has 0 spiro atoms. The molecule has 6 heterocycles. The molecule has 0 bridgehead atoms. The van der Waals surface area contributed by atoms with E-state index in [-0.39, 0.29) is 18.4 Å². The largest absolute Gasteiger partial charge is 0.462 e. The number of piperazine rings is 1. The zero-order valence-electron chi connectivity index (χ0n) is 27.7. The second-order valence-electron chi connectivity index (χ2n) is 13.6. The van der Waals surface area contributed by atoms with E-state index < -0.39 is 0 Å². The first-order valence-electron chi connectivity index (χ1n) is 17.1. The summed E-state index contributed by atoms with van der Waals surface area (Å²) >= 11 is 0. The SMILES string of the molecule is C=CC(=O)N1CCN(c2nc(OC[C@@H]3CCCN3C[C@@H]3CCCN3C)nc3c2CCN(c2c(C)ccc4[nH]ncc24)C3)C[C@@H]1CC#N. The smallest absolute Gasteiger partial charge is 0.318 e. The molecule has 248 valence electrons. The third-order valence-electron chi connectivity index (χ3n) is 10.7. The van der Waals surface area contributed by atoms with Crippen LogP contribution in [0.3, 0.4) is 0 Å². The van der Waals surface area contributed by atoms with Gasteiger partial charge in [-0.25, -0.2) is 0 Å². The number of nitrogens with one attached hydrogen (secondary N) is 1. The topological polar surface area (TPSA) is 121 Å². The lowest BCUT2D eigenvalue weighted by Crippen LogP contribution is -2.55. The van der Waals surface area contributed by atoms with Crippen LogP contribution < -0.4 is 14.5 Å². The van der Waals surface area contributed by atoms with E-state index in [1.165, 1.54) is 43.1 Å². The molecule has 4 aliphatic rings. The van der Waals surface area contributed by atoms with Crippen molar-refractivity contribution in [1.82, 2.24) is 34.9 Å². The van der Waals surface area contributed by atoms with E-state index in [0.717, 1.165) is 60.5 Å². The van der Waals surface area contributed by atoms with Crippen molar-refractivity contribution in [1.29, 1.82) is 5.26 Å². The summed E-state index contributed by atoms with van der Waals surface area (Å²) < 4.78 is 6.51. The van der Waals surface area contributed by atoms with Gasteiger partial charge in [0.25, 0.3) is 0 Å². The molecule has 0 radical (unpaired) electrons. The predicted octanol–water partition coefficient (Wildman–Crippen LogP) is 3.28. The molecule has 3 saturated heterocycles. The minimum atomic E-state index is -0.239. The highest BCUT2D eigenvalue weighted by Gasteiger charge is 2.35. The lowest BCUT2D eigenvalue weighted by molar-refractivity contribution is -0.128. The van der Waals surface area contributed by atoms with Crippen LogP contribution >= 0.6 is 0 Å². The Morgan fingerprint density at radius 2 is 1.96 bits per heavy atom. The molecule has 12 nitrogen and oxygen atoms in total. The zero-order valence-corrected chi connectivity index (χ0v) is 27.7. The molecule has 3 aromatic rings. The molecular weight excluding hydrogens is 592 g/mol. The summed E-state index contributed by atoms with van der Waals surface area (Å²) in [6.07, 6.45) is 9.11. The van der Waals surface area contributed by atoms with Crippen molar-refractivity contribution in [3.63, 3.8) is 0 Å². The highest BCUT2D eigenvalue weighted by molar-refractivity contribution is 5.93. The molecule has 47 heavy (non-hydrogen) atoms. The maximum atomic E-state index is 12.6. The van der Waals surface area contributed by atoms with Crippen LogP contribution in [-0.2, 0) is 17.8 Å². The van der Waals surface area contributed by atoms with Crippen LogP contribution in [-0.4, -0.2) is 118 Å². The fourth-order valence-electron chi connectivity index (χ4n) is 8.15. The standard InChI is InChI=1S/C35H46N10O2/c1-4-32(46)45-18-17-44(21-26(45)11-13-36)34-28-12-16-43(33-24(2)9-10-30-29(33)19-37-40-30)22-31(28)38-35(39-34)47-23-27-8-6-15-42(27)20-25-7-5-14-41(25)3/h4,9-10,19,25-27H,1,5-8,11-12,14-18,20-23H2,2-3H3,(H,37,40)/t25-,26-,27-/m0/s1. The number of anilines is 2. The number of aryl methyl sites for hydroxylation is 1. The molecule has 4 aliphatic heterocycles. The Kier molecular flexibility index (Phi) is 9.01. The first-order chi connectivity index (χ1) is 22.9. The molecule has 0 aliphatic carbocycles. The Morgan fingerprint density at radius 3 is 2.77 bits per heavy atom. The molecule has 0 saturated carbocycles. The van der Waals surface area contributed by atoms with Gasteiger partial charge in [-0.2, -0.15) is 20.3 Å². The summed E-state index contributed by atoms with van der Waals surface area (Å²) in [7, 11) is 2.24. The normalized spacial score (nSPS) is 23.7. The number of ether oxygens (including phenoxy) is 1. The summed E-state index contributed by atoms with van der Waals surface area (Å²) in [6, 6.07) is 7.63. The Morgan fingerprint density at radius 1 is 1.11 bits per heavy atom. The molecule has 1 N–H and O–H groups in total. The van der Waals surface area contributed by atoms with E-state index in [9.17, 15) is 10.1 Å². The molecule has 1 aromatic carbocycles. The van der Waals surface area contributed by atoms with Crippen molar-refractivity contribution in [2.75, 3.05) is 69.3 Å². The second kappa shape index (κ2) is 13.5. The number of H-pyrrole nitrogens is 1. The number of aromatic amines is 1. The van der Waals surface area contributed by atoms with Gasteiger partial charge in [0.05, 0.1) is 48.2 Å². The van der Waals surface area contributed by atoms with Gasteiger partial charge in [0.2, 0.25) is 5.91 Å². The van der Waals surface area contributed by atoms with Crippen molar-refractivity contribution in [3.05, 3.63) is 47.8 Å². The molecule has 7 rings (SSSR count). The van der Waals surface area contributed by atoms with Crippen molar-refractivity contribution in [2.45, 2.75) is 70.1 Å². The van der Waals surface area contributed by atoms with Gasteiger partial charge in [0.1, 0.15) is 12.4 Å². The number of nitrogens with zero attached hydrogens (tertiary/aromatic N) is 9. The van der Waals surface area contributed by atoms with Gasteiger partial charge in [-0.15, -0.1) is 0 Å². The zero-order chi connectivity index (χ0) is 32.5. The van der Waals surface area contributed by atoms with Crippen LogP contribution in [0, 0.1) is 18.3 Å². The predicted molar refractivity (Wildman–Crippen MR) is 181 cm³/mol. The summed E-state index contributed by atoms with van der Waals surface area (Å²) in [6.45, 7) is 12.9. The van der Waals surface area contributed by atoms with E-state index in [4.69, 9.17) is 14.7 Å². The van der Waals surface area contributed by atoms with E-state index >= 15 is 0 Å². The van der Waals surface area contributed by atoms with Crippen LogP contribution in [0.4, 0.5) is 11.5 Å². The Hall–Kier alpha value is -4.21. The number of rotatable bonds is 9. The minimum absolute atomic E-state index is 0.136. The number of carbonyl (C=O) groups excluding carboxylic acids is 1. The van der Waals surface area contributed by atoms with Crippen LogP contribution in [0.2, 0.25) is 0 Å². The first kappa shape index (κ1) is 31.4. The summed E-state index contributed by atoms with van der Waals surface area (Å²) in [5.41, 5.74) is 5.48. The average Bonchev–Trinajstić information content (AvgIpc) is 3.85. The van der Waals surface area contributed by atoms with Crippen LogP contribution in [0.15, 0.2) is 31.0 Å². The maximum Gasteiger partial charge on any atom is 0.318 e. The van der Waals surface area contributed by atoms with Gasteiger partial charge in [0.15, 0.2) is 0 Å². The number of nitriles is 1. The molecule has 3 atom stereocenters. The Bertz CT molecular complexity index is 1670. The summed E-state index contributed by atoms with van der Waals surface area (Å²) in [5, 5.41) is 18.1. The van der Waals surface area contributed by atoms with Crippen LogP contribution in [0.5, 0.6) is 6.01 Å². The highest BCUT2D eigenvalue weighted by Crippen LogP contribution is 2.36. The quantitative estimate of drug-likeness (QED) is 0.350. The van der Waals surface area contributed by atoms with Crippen molar-refractivity contribution in [2.24, 2.45) is 0 Å². The maximum absolute atomic E-state index is 12.6. The third kappa shape index (κ3) is 6.26. The Labute approximate surface area is 277 Å². The van der Waals surface area contributed by atoms with Gasteiger partial charge in [-0.05, 0) is 76.9 Å². The van der Waals surface area contributed by atoms with Crippen molar-refractivity contribution < 1.29 is 9.53 Å². The van der Waals surface area contributed by atoms with Crippen molar-refractivity contribution in [3.8, 4) is 12.1 Å². The van der Waals surface area contributed by atoms with Crippen LogP contribution in [0.25, 0.3) is 10.9 Å². The van der Waals surface area contributed by atoms with Gasteiger partial charge in [0, 0.05) is 55.8 Å². The number of benzene rings is 1.